The van der Waals surface area contributed by atoms with Crippen LogP contribution in [0.5, 0.6) is 0 Å². The molecule has 72 heavy (non-hydrogen) atoms. The van der Waals surface area contributed by atoms with Gasteiger partial charge in [0, 0.05) is 56.4 Å². The van der Waals surface area contributed by atoms with Gasteiger partial charge < -0.3 is 14.2 Å². The molecule has 0 N–H and O–H groups in total. The van der Waals surface area contributed by atoms with E-state index in [1.807, 2.05) is 26.2 Å². The molecular weight excluding hydrogens is 877 g/mol. The van der Waals surface area contributed by atoms with Gasteiger partial charge in [0.1, 0.15) is 11.2 Å². The number of pyridine rings is 2. The smallest absolute Gasteiger partial charge is 0.138 e. The first-order valence-electron chi connectivity index (χ1n) is 24.8. The maximum atomic E-state index is 7.05. The van der Waals surface area contributed by atoms with Gasteiger partial charge >= 0.3 is 0 Å². The molecule has 2 aliphatic rings. The Bertz CT molecular complexity index is 3800. The van der Waals surface area contributed by atoms with Gasteiger partial charge in [-0.05, 0) is 138 Å². The van der Waals surface area contributed by atoms with Crippen LogP contribution in [0.1, 0.15) is 52.0 Å². The molecule has 0 atom stereocenters. The highest BCUT2D eigenvalue weighted by molar-refractivity contribution is 6.18. The summed E-state index contributed by atoms with van der Waals surface area (Å²) in [5.41, 5.74) is 20.7. The second kappa shape index (κ2) is 17.7. The number of para-hydroxylation sites is 1. The Balaban J connectivity index is 1.14. The number of allylic oxidation sites excluding steroid dienone is 4. The molecule has 0 saturated carbocycles. The molecule has 8 aromatic carbocycles. The van der Waals surface area contributed by atoms with E-state index < -0.39 is 5.41 Å². The van der Waals surface area contributed by atoms with Crippen LogP contribution < -0.4 is 9.80 Å². The second-order valence-corrected chi connectivity index (χ2v) is 18.9. The van der Waals surface area contributed by atoms with Crippen molar-refractivity contribution >= 4 is 61.6 Å². The summed E-state index contributed by atoms with van der Waals surface area (Å²) in [6.45, 7) is 4.08. The standard InChI is InChI=1S/C67H50N4O/c1-45-27-33-56(43-68-45)70(53-35-29-49(30-36-53)47-17-7-3-8-18-47)55-39-40-60-59(41-55)65-64-58-25-15-16-26-62(58)72-63(64)42-61(66(65)67(60,51-21-11-5-12-22-51)52-23-13-6-14-24-52)71(57-34-28-46(2)69-44-57)54-37-31-50(32-38-54)48-19-9-4-10-20-48/h3-7,9-17,19-44H,8,18H2,1-2H3. The lowest BCUT2D eigenvalue weighted by Gasteiger charge is -2.38. The van der Waals surface area contributed by atoms with Crippen molar-refractivity contribution in [2.45, 2.75) is 32.1 Å². The summed E-state index contributed by atoms with van der Waals surface area (Å²) >= 11 is 0. The Morgan fingerprint density at radius 2 is 1.04 bits per heavy atom. The zero-order valence-electron chi connectivity index (χ0n) is 40.2. The Labute approximate surface area is 420 Å². The minimum Gasteiger partial charge on any atom is -0.456 e. The maximum absolute atomic E-state index is 7.05. The molecule has 0 saturated heterocycles. The molecule has 11 aromatic rings. The van der Waals surface area contributed by atoms with Crippen molar-refractivity contribution in [2.24, 2.45) is 0 Å². The molecule has 5 nitrogen and oxygen atoms in total. The number of hydrogen-bond acceptors (Lipinski definition) is 5. The first-order valence-corrected chi connectivity index (χ1v) is 24.8. The van der Waals surface area contributed by atoms with E-state index in [0.717, 1.165) is 97.0 Å². The molecule has 0 aliphatic heterocycles. The number of anilines is 6. The summed E-state index contributed by atoms with van der Waals surface area (Å²) in [6.07, 6.45) is 12.7. The van der Waals surface area contributed by atoms with Gasteiger partial charge in [-0.15, -0.1) is 0 Å². The highest BCUT2D eigenvalue weighted by Crippen LogP contribution is 2.63. The van der Waals surface area contributed by atoms with Crippen molar-refractivity contribution in [1.29, 1.82) is 0 Å². The van der Waals surface area contributed by atoms with Crippen molar-refractivity contribution < 1.29 is 4.42 Å². The van der Waals surface area contributed by atoms with Gasteiger partial charge in [0.05, 0.1) is 34.9 Å². The van der Waals surface area contributed by atoms with E-state index in [1.165, 1.54) is 39.0 Å². The molecule has 0 bridgehead atoms. The van der Waals surface area contributed by atoms with Crippen LogP contribution in [0, 0.1) is 13.8 Å². The van der Waals surface area contributed by atoms with Crippen LogP contribution in [0.2, 0.25) is 0 Å². The van der Waals surface area contributed by atoms with E-state index in [9.17, 15) is 0 Å². The van der Waals surface area contributed by atoms with Gasteiger partial charge in [-0.1, -0.05) is 158 Å². The molecule has 3 aromatic heterocycles. The highest BCUT2D eigenvalue weighted by Gasteiger charge is 2.50. The van der Waals surface area contributed by atoms with Crippen molar-refractivity contribution in [3.8, 4) is 22.3 Å². The lowest BCUT2D eigenvalue weighted by molar-refractivity contribution is 0.668. The Hall–Kier alpha value is -9.06. The van der Waals surface area contributed by atoms with Gasteiger partial charge in [-0.25, -0.2) is 0 Å². The van der Waals surface area contributed by atoms with Gasteiger partial charge in [-0.3, -0.25) is 9.97 Å². The van der Waals surface area contributed by atoms with E-state index in [2.05, 4.69) is 240 Å². The number of benzene rings is 8. The van der Waals surface area contributed by atoms with Crippen molar-refractivity contribution in [2.75, 3.05) is 9.80 Å². The van der Waals surface area contributed by atoms with E-state index in [0.29, 0.717) is 0 Å². The zero-order chi connectivity index (χ0) is 48.2. The molecule has 0 fully saturated rings. The molecule has 0 amide bonds. The number of hydrogen-bond donors (Lipinski definition) is 0. The normalized spacial score (nSPS) is 13.4. The number of aryl methyl sites for hydroxylation is 2. The third-order valence-corrected chi connectivity index (χ3v) is 14.7. The number of nitrogens with zero attached hydrogens (tertiary/aromatic N) is 4. The minimum absolute atomic E-state index is 0.798. The summed E-state index contributed by atoms with van der Waals surface area (Å²) in [4.78, 5) is 14.5. The quantitative estimate of drug-likeness (QED) is 0.137. The maximum Gasteiger partial charge on any atom is 0.138 e. The zero-order valence-corrected chi connectivity index (χ0v) is 40.2. The number of furan rings is 1. The lowest BCUT2D eigenvalue weighted by Crippen LogP contribution is -2.30. The van der Waals surface area contributed by atoms with Gasteiger partial charge in [0.25, 0.3) is 0 Å². The predicted molar refractivity (Wildman–Crippen MR) is 297 cm³/mol. The molecular formula is C67H50N4O. The van der Waals surface area contributed by atoms with Crippen LogP contribution in [0.3, 0.4) is 0 Å². The predicted octanol–water partition coefficient (Wildman–Crippen LogP) is 17.7. The van der Waals surface area contributed by atoms with E-state index in [4.69, 9.17) is 14.4 Å². The molecule has 3 heterocycles. The third kappa shape index (κ3) is 7.15. The van der Waals surface area contributed by atoms with Crippen LogP contribution in [0.25, 0.3) is 49.8 Å². The summed E-state index contributed by atoms with van der Waals surface area (Å²) in [6, 6.07) is 77.2. The number of aromatic nitrogens is 2. The SMILES string of the molecule is Cc1ccc(N(c2ccc(C3=CC=CCC3)cc2)c2ccc3c(c2)-c2c(c(N(c4ccc(-c5ccccc5)cc4)c4ccc(C)nc4)cc4oc5ccccc5c24)C3(c2ccccc2)c2ccccc2)cn1. The van der Waals surface area contributed by atoms with Crippen LogP contribution in [-0.2, 0) is 5.41 Å². The summed E-state index contributed by atoms with van der Waals surface area (Å²) < 4.78 is 7.05. The van der Waals surface area contributed by atoms with Crippen molar-refractivity contribution in [3.63, 3.8) is 0 Å². The summed E-state index contributed by atoms with van der Waals surface area (Å²) in [5, 5.41) is 2.15. The first-order chi connectivity index (χ1) is 35.5. The van der Waals surface area contributed by atoms with Gasteiger partial charge in [-0.2, -0.15) is 0 Å². The van der Waals surface area contributed by atoms with Crippen LogP contribution >= 0.6 is 0 Å². The van der Waals surface area contributed by atoms with E-state index in [-0.39, 0.29) is 0 Å². The number of fused-ring (bicyclic) bond motifs is 7. The first kappa shape index (κ1) is 43.0. The van der Waals surface area contributed by atoms with Crippen molar-refractivity contribution in [3.05, 3.63) is 282 Å². The fourth-order valence-corrected chi connectivity index (χ4v) is 11.3. The second-order valence-electron chi connectivity index (χ2n) is 18.9. The topological polar surface area (TPSA) is 45.4 Å². The van der Waals surface area contributed by atoms with Crippen LogP contribution in [0.15, 0.2) is 247 Å². The molecule has 0 unspecified atom stereocenters. The van der Waals surface area contributed by atoms with Gasteiger partial charge in [0.2, 0.25) is 0 Å². The van der Waals surface area contributed by atoms with Crippen LogP contribution in [-0.4, -0.2) is 9.97 Å². The molecule has 5 heteroatoms. The third-order valence-electron chi connectivity index (χ3n) is 14.7. The van der Waals surface area contributed by atoms with Crippen molar-refractivity contribution in [1.82, 2.24) is 9.97 Å². The highest BCUT2D eigenvalue weighted by atomic mass is 16.3. The Kier molecular flexibility index (Phi) is 10.6. The molecule has 13 rings (SSSR count). The van der Waals surface area contributed by atoms with E-state index in [1.54, 1.807) is 0 Å². The number of rotatable bonds is 10. The average Bonchev–Trinajstić information content (AvgIpc) is 3.97. The largest absolute Gasteiger partial charge is 0.456 e. The molecule has 2 aliphatic carbocycles. The fraction of sp³-hybridized carbons (Fsp3) is 0.0746. The lowest BCUT2D eigenvalue weighted by atomic mass is 9.67. The summed E-state index contributed by atoms with van der Waals surface area (Å²) in [5.74, 6) is 0. The Morgan fingerprint density at radius 1 is 0.486 bits per heavy atom. The average molecular weight is 927 g/mol. The molecule has 0 spiro atoms. The molecule has 0 radical (unpaired) electrons. The minimum atomic E-state index is -0.798. The fourth-order valence-electron chi connectivity index (χ4n) is 11.3. The monoisotopic (exact) mass is 926 g/mol. The Morgan fingerprint density at radius 3 is 1.67 bits per heavy atom. The van der Waals surface area contributed by atoms with Crippen LogP contribution in [0.4, 0.5) is 34.1 Å². The van der Waals surface area contributed by atoms with Gasteiger partial charge in [0.15, 0.2) is 0 Å². The van der Waals surface area contributed by atoms with E-state index >= 15 is 0 Å². The summed E-state index contributed by atoms with van der Waals surface area (Å²) in [7, 11) is 0. The molecule has 344 valence electrons.